The number of hydrogen-bond donors (Lipinski definition) is 4. The van der Waals surface area contributed by atoms with Crippen LogP contribution in [0.5, 0.6) is 0 Å². The van der Waals surface area contributed by atoms with Gasteiger partial charge >= 0.3 is 0 Å². The number of benzene rings is 1. The van der Waals surface area contributed by atoms with Crippen LogP contribution in [0.25, 0.3) is 0 Å². The number of likely N-dealkylation sites (N-methyl/N-ethyl adjacent to an activating group) is 1. The maximum atomic E-state index is 12.8. The summed E-state index contributed by atoms with van der Waals surface area (Å²) in [6, 6.07) is 14.9. The first kappa shape index (κ1) is 26.6. The molecule has 5 heterocycles. The second kappa shape index (κ2) is 11.0. The number of carbonyl (C=O) groups is 1. The highest BCUT2D eigenvalue weighted by Gasteiger charge is 2.43. The number of fused-ring (bicyclic) bond motifs is 2. The van der Waals surface area contributed by atoms with Gasteiger partial charge in [-0.25, -0.2) is 9.97 Å². The minimum atomic E-state index is -1.11. The van der Waals surface area contributed by atoms with E-state index >= 15 is 0 Å². The number of aliphatic hydroxyl groups is 1. The van der Waals surface area contributed by atoms with Gasteiger partial charge in [0, 0.05) is 49.3 Å². The number of nitrogens with zero attached hydrogens (tertiary/aromatic N) is 5. The first-order chi connectivity index (χ1) is 18.7. The van der Waals surface area contributed by atoms with Crippen molar-refractivity contribution in [2.45, 2.75) is 44.9 Å². The molecule has 2 atom stereocenters. The van der Waals surface area contributed by atoms with Crippen molar-refractivity contribution in [1.82, 2.24) is 25.2 Å². The van der Waals surface area contributed by atoms with Crippen molar-refractivity contribution in [3.8, 4) is 0 Å². The Morgan fingerprint density at radius 3 is 2.54 bits per heavy atom. The molecule has 10 heteroatoms. The van der Waals surface area contributed by atoms with Crippen molar-refractivity contribution in [2.75, 3.05) is 41.7 Å². The molecule has 3 aliphatic heterocycles. The first-order valence-corrected chi connectivity index (χ1v) is 13.4. The number of aromatic nitrogens is 3. The lowest BCUT2D eigenvalue weighted by molar-refractivity contribution is 0.00465. The Morgan fingerprint density at radius 2 is 1.87 bits per heavy atom. The van der Waals surface area contributed by atoms with E-state index in [9.17, 15) is 9.90 Å². The van der Waals surface area contributed by atoms with Crippen LogP contribution in [-0.2, 0) is 5.60 Å². The van der Waals surface area contributed by atoms with Crippen molar-refractivity contribution in [3.05, 3.63) is 72.6 Å². The second-order valence-corrected chi connectivity index (χ2v) is 10.5. The SMILES string of the molecule is C=CCNC(=O)c1cnc(Nc2ccc(N3CC4CC(C3)N4CC)cc2)nc1Nc1cccc(C(C)(C)O)n1. The Labute approximate surface area is 229 Å². The standard InChI is InChI=1S/C29H36N8O2/c1-5-14-30-27(38)23-16-31-28(35-26(23)34-25-9-7-8-24(33-25)29(3,4)39)32-19-10-12-20(13-11-19)36-17-21-15-22(18-36)37(21)6-2/h5,7-13,16,21-22,39H,1,6,14-15,17-18H2,2-4H3,(H,30,38)(H2,31,32,33,34,35). The Hall–Kier alpha value is -4.02. The van der Waals surface area contributed by atoms with E-state index in [-0.39, 0.29) is 11.5 Å². The smallest absolute Gasteiger partial charge is 0.256 e. The predicted octanol–water partition coefficient (Wildman–Crippen LogP) is 3.78. The fourth-order valence-corrected chi connectivity index (χ4v) is 5.23. The molecule has 10 nitrogen and oxygen atoms in total. The maximum absolute atomic E-state index is 12.8. The minimum Gasteiger partial charge on any atom is -0.384 e. The van der Waals surface area contributed by atoms with Crippen molar-refractivity contribution >= 4 is 34.9 Å². The number of amides is 1. The van der Waals surface area contributed by atoms with Crippen LogP contribution in [0.2, 0.25) is 0 Å². The van der Waals surface area contributed by atoms with Crippen molar-refractivity contribution < 1.29 is 9.90 Å². The van der Waals surface area contributed by atoms with E-state index in [0.717, 1.165) is 25.3 Å². The molecule has 3 saturated heterocycles. The summed E-state index contributed by atoms with van der Waals surface area (Å²) in [5.41, 5.74) is 1.69. The number of piperazine rings is 1. The molecule has 0 radical (unpaired) electrons. The number of anilines is 5. The summed E-state index contributed by atoms with van der Waals surface area (Å²) < 4.78 is 0. The van der Waals surface area contributed by atoms with E-state index in [1.807, 2.05) is 12.1 Å². The summed E-state index contributed by atoms with van der Waals surface area (Å²) in [7, 11) is 0. The number of pyridine rings is 1. The van der Waals surface area contributed by atoms with Crippen LogP contribution < -0.4 is 20.9 Å². The maximum Gasteiger partial charge on any atom is 0.256 e. The number of rotatable bonds is 10. The number of piperidine rings is 1. The Morgan fingerprint density at radius 1 is 1.13 bits per heavy atom. The number of nitrogens with one attached hydrogen (secondary N) is 3. The van der Waals surface area contributed by atoms with Crippen LogP contribution in [0.15, 0.2) is 61.3 Å². The summed E-state index contributed by atoms with van der Waals surface area (Å²) in [5, 5.41) is 19.5. The van der Waals surface area contributed by atoms with Crippen LogP contribution >= 0.6 is 0 Å². The molecule has 0 spiro atoms. The molecule has 2 bridgehead atoms. The third-order valence-corrected chi connectivity index (χ3v) is 7.26. The molecule has 0 aliphatic carbocycles. The lowest BCUT2D eigenvalue weighted by Gasteiger charge is -2.56. The topological polar surface area (TPSA) is 119 Å². The molecule has 1 amide bonds. The average molecular weight is 529 g/mol. The highest BCUT2D eigenvalue weighted by atomic mass is 16.3. The number of hydrogen-bond acceptors (Lipinski definition) is 9. The van der Waals surface area contributed by atoms with Gasteiger partial charge in [0.05, 0.1) is 5.69 Å². The predicted molar refractivity (Wildman–Crippen MR) is 154 cm³/mol. The zero-order valence-electron chi connectivity index (χ0n) is 22.7. The zero-order valence-corrected chi connectivity index (χ0v) is 22.7. The van der Waals surface area contributed by atoms with Crippen molar-refractivity contribution in [2.24, 2.45) is 0 Å². The third-order valence-electron chi connectivity index (χ3n) is 7.26. The highest BCUT2D eigenvalue weighted by molar-refractivity contribution is 5.99. The monoisotopic (exact) mass is 528 g/mol. The van der Waals surface area contributed by atoms with E-state index in [0.29, 0.717) is 41.9 Å². The molecule has 2 unspecified atom stereocenters. The molecule has 204 valence electrons. The Bertz CT molecular complexity index is 1330. The van der Waals surface area contributed by atoms with Crippen LogP contribution in [-0.4, -0.2) is 69.1 Å². The van der Waals surface area contributed by atoms with E-state index < -0.39 is 5.60 Å². The fraction of sp³-hybridized carbons (Fsp3) is 0.379. The van der Waals surface area contributed by atoms with Gasteiger partial charge in [-0.1, -0.05) is 19.1 Å². The minimum absolute atomic E-state index is 0.262. The largest absolute Gasteiger partial charge is 0.384 e. The molecule has 39 heavy (non-hydrogen) atoms. The summed E-state index contributed by atoms with van der Waals surface area (Å²) in [4.78, 5) is 31.3. The fourth-order valence-electron chi connectivity index (χ4n) is 5.23. The first-order valence-electron chi connectivity index (χ1n) is 13.4. The second-order valence-electron chi connectivity index (χ2n) is 10.5. The average Bonchev–Trinajstić information content (AvgIpc) is 2.92. The molecule has 6 rings (SSSR count). The molecule has 3 aliphatic rings. The quantitative estimate of drug-likeness (QED) is 0.292. The van der Waals surface area contributed by atoms with Crippen LogP contribution in [0, 0.1) is 0 Å². The van der Waals surface area contributed by atoms with Crippen LogP contribution in [0.1, 0.15) is 43.2 Å². The van der Waals surface area contributed by atoms with Gasteiger partial charge in [0.25, 0.3) is 5.91 Å². The molecule has 4 N–H and O–H groups in total. The number of carbonyl (C=O) groups excluding carboxylic acids is 1. The van der Waals surface area contributed by atoms with E-state index in [1.165, 1.54) is 18.3 Å². The van der Waals surface area contributed by atoms with Gasteiger partial charge in [0.15, 0.2) is 0 Å². The van der Waals surface area contributed by atoms with Gasteiger partial charge in [-0.15, -0.1) is 6.58 Å². The molecule has 1 aromatic carbocycles. The lowest BCUT2D eigenvalue weighted by Crippen LogP contribution is -2.68. The Balaban J connectivity index is 1.34. The van der Waals surface area contributed by atoms with Crippen LogP contribution in [0.3, 0.4) is 0 Å². The molecule has 2 aromatic heterocycles. The van der Waals surface area contributed by atoms with Gasteiger partial charge in [-0.05, 0) is 63.2 Å². The highest BCUT2D eigenvalue weighted by Crippen LogP contribution is 2.34. The Kier molecular flexibility index (Phi) is 7.49. The van der Waals surface area contributed by atoms with E-state index in [1.54, 1.807) is 38.1 Å². The summed E-state index contributed by atoms with van der Waals surface area (Å²) >= 11 is 0. The molecule has 3 aromatic rings. The van der Waals surface area contributed by atoms with Crippen molar-refractivity contribution in [1.29, 1.82) is 0 Å². The van der Waals surface area contributed by atoms with Crippen molar-refractivity contribution in [3.63, 3.8) is 0 Å². The van der Waals surface area contributed by atoms with Crippen LogP contribution in [0.4, 0.5) is 29.0 Å². The summed E-state index contributed by atoms with van der Waals surface area (Å²) in [6.45, 7) is 12.8. The summed E-state index contributed by atoms with van der Waals surface area (Å²) in [5.74, 6) is 0.733. The van der Waals surface area contributed by atoms with E-state index in [4.69, 9.17) is 0 Å². The van der Waals surface area contributed by atoms with Gasteiger partial charge in [0.1, 0.15) is 22.8 Å². The molecular weight excluding hydrogens is 492 g/mol. The molecule has 0 saturated carbocycles. The molecule has 3 fully saturated rings. The summed E-state index contributed by atoms with van der Waals surface area (Å²) in [6.07, 6.45) is 4.38. The van der Waals surface area contributed by atoms with Gasteiger partial charge < -0.3 is 26.0 Å². The van der Waals surface area contributed by atoms with Gasteiger partial charge in [-0.2, -0.15) is 4.98 Å². The van der Waals surface area contributed by atoms with Gasteiger partial charge in [0.2, 0.25) is 5.95 Å². The third kappa shape index (κ3) is 5.86. The van der Waals surface area contributed by atoms with Gasteiger partial charge in [-0.3, -0.25) is 9.69 Å². The lowest BCUT2D eigenvalue weighted by atomic mass is 9.87. The normalized spacial score (nSPS) is 18.7. The molecular formula is C29H36N8O2. The zero-order chi connectivity index (χ0) is 27.6. The van der Waals surface area contributed by atoms with E-state index in [2.05, 4.69) is 66.3 Å².